The lowest BCUT2D eigenvalue weighted by Crippen LogP contribution is -2.28. The van der Waals surface area contributed by atoms with Crippen LogP contribution in [0.4, 0.5) is 0 Å². The molecule has 126 valence electrons. The molecule has 1 aromatic carbocycles. The van der Waals surface area contributed by atoms with E-state index in [1.807, 2.05) is 12.4 Å². The van der Waals surface area contributed by atoms with E-state index < -0.39 is 0 Å². The average molecular weight is 320 g/mol. The molecule has 2 aromatic rings. The summed E-state index contributed by atoms with van der Waals surface area (Å²) in [5.41, 5.74) is 3.09. The van der Waals surface area contributed by atoms with Gasteiger partial charge in [-0.2, -0.15) is 0 Å². The first-order valence-corrected chi connectivity index (χ1v) is 9.09. The van der Waals surface area contributed by atoms with E-state index >= 15 is 0 Å². The van der Waals surface area contributed by atoms with E-state index in [0.29, 0.717) is 5.92 Å². The number of rotatable bonds is 7. The van der Waals surface area contributed by atoms with Gasteiger partial charge in [-0.05, 0) is 31.7 Å². The van der Waals surface area contributed by atoms with Crippen LogP contribution in [-0.2, 0) is 6.42 Å². The van der Waals surface area contributed by atoms with Crippen LogP contribution >= 0.6 is 0 Å². The van der Waals surface area contributed by atoms with E-state index in [1.165, 1.54) is 43.2 Å². The minimum absolute atomic E-state index is 0.166. The van der Waals surface area contributed by atoms with Gasteiger partial charge in [0.05, 0.1) is 0 Å². The van der Waals surface area contributed by atoms with Gasteiger partial charge < -0.3 is 4.98 Å². The van der Waals surface area contributed by atoms with Gasteiger partial charge in [0.2, 0.25) is 0 Å². The molecule has 2 atom stereocenters. The molecular formula is C22H28N2. The first-order chi connectivity index (χ1) is 11.7. The second kappa shape index (κ2) is 7.65. The van der Waals surface area contributed by atoms with Gasteiger partial charge in [-0.3, -0.25) is 0 Å². The van der Waals surface area contributed by atoms with E-state index in [4.69, 9.17) is 0 Å². The summed E-state index contributed by atoms with van der Waals surface area (Å²) in [7, 11) is 0. The van der Waals surface area contributed by atoms with Gasteiger partial charge in [0.1, 0.15) is 5.82 Å². The zero-order chi connectivity index (χ0) is 16.8. The summed E-state index contributed by atoms with van der Waals surface area (Å²) in [5.74, 6) is 1.44. The Kier molecular flexibility index (Phi) is 5.34. The van der Waals surface area contributed by atoms with Gasteiger partial charge >= 0.3 is 0 Å². The number of aromatic nitrogens is 2. The zero-order valence-electron chi connectivity index (χ0n) is 14.8. The van der Waals surface area contributed by atoms with Crippen LogP contribution in [0.5, 0.6) is 0 Å². The molecule has 3 rings (SSSR count). The fourth-order valence-electron chi connectivity index (χ4n) is 3.79. The second-order valence-electron chi connectivity index (χ2n) is 7.15. The number of aryl methyl sites for hydroxylation is 1. The molecule has 2 unspecified atom stereocenters. The third-order valence-electron chi connectivity index (χ3n) is 5.56. The maximum Gasteiger partial charge on any atom is 0.113 e. The minimum Gasteiger partial charge on any atom is -0.348 e. The largest absolute Gasteiger partial charge is 0.348 e. The summed E-state index contributed by atoms with van der Waals surface area (Å²) in [6, 6.07) is 10.8. The molecule has 0 fully saturated rings. The second-order valence-corrected chi connectivity index (χ2v) is 7.15. The Labute approximate surface area is 145 Å². The molecule has 0 aliphatic heterocycles. The first-order valence-electron chi connectivity index (χ1n) is 9.09. The molecule has 0 spiro atoms. The summed E-state index contributed by atoms with van der Waals surface area (Å²) in [5, 5.41) is 0. The standard InChI is InChI=1S/C22H28N2/c1-18-10-9-14-20(21-23-16-17-24-21)22(18,2)15-8-4-7-13-19-11-5-3-6-12-19/h3,5-6,9-12,14,16-17,20H,4,7-8,13,15H2,1-2H3,(H,23,24). The Morgan fingerprint density at radius 1 is 1.12 bits per heavy atom. The Balaban J connectivity index is 1.55. The smallest absolute Gasteiger partial charge is 0.113 e. The van der Waals surface area contributed by atoms with Crippen LogP contribution < -0.4 is 0 Å². The van der Waals surface area contributed by atoms with Crippen molar-refractivity contribution in [1.82, 2.24) is 9.97 Å². The number of hydrogen-bond acceptors (Lipinski definition) is 1. The summed E-state index contributed by atoms with van der Waals surface area (Å²) >= 11 is 0. The highest BCUT2D eigenvalue weighted by Gasteiger charge is 2.37. The van der Waals surface area contributed by atoms with Crippen molar-refractivity contribution in [2.75, 3.05) is 0 Å². The molecule has 1 heterocycles. The number of nitrogens with zero attached hydrogens (tertiary/aromatic N) is 1. The fourth-order valence-corrected chi connectivity index (χ4v) is 3.79. The lowest BCUT2D eigenvalue weighted by Gasteiger charge is -2.38. The van der Waals surface area contributed by atoms with Crippen LogP contribution in [0.3, 0.4) is 0 Å². The van der Waals surface area contributed by atoms with Gasteiger partial charge in [-0.1, -0.05) is 73.9 Å². The highest BCUT2D eigenvalue weighted by molar-refractivity contribution is 5.32. The Morgan fingerprint density at radius 2 is 1.96 bits per heavy atom. The van der Waals surface area contributed by atoms with Crippen molar-refractivity contribution in [1.29, 1.82) is 0 Å². The maximum absolute atomic E-state index is 4.52. The van der Waals surface area contributed by atoms with Gasteiger partial charge in [0.15, 0.2) is 0 Å². The molecule has 0 amide bonds. The third-order valence-corrected chi connectivity index (χ3v) is 5.56. The molecule has 0 bridgehead atoms. The zero-order valence-corrected chi connectivity index (χ0v) is 14.8. The van der Waals surface area contributed by atoms with Crippen molar-refractivity contribution in [3.8, 4) is 0 Å². The molecule has 24 heavy (non-hydrogen) atoms. The number of nitrogens with one attached hydrogen (secondary N) is 1. The van der Waals surface area contributed by atoms with Crippen molar-refractivity contribution in [3.63, 3.8) is 0 Å². The van der Waals surface area contributed by atoms with Crippen molar-refractivity contribution >= 4 is 0 Å². The predicted molar refractivity (Wildman–Crippen MR) is 101 cm³/mol. The van der Waals surface area contributed by atoms with Crippen LogP contribution in [-0.4, -0.2) is 9.97 Å². The molecule has 1 aromatic heterocycles. The average Bonchev–Trinajstić information content (AvgIpc) is 3.12. The molecule has 1 aliphatic rings. The van der Waals surface area contributed by atoms with E-state index in [0.717, 1.165) is 5.82 Å². The highest BCUT2D eigenvalue weighted by atomic mass is 14.9. The number of aromatic amines is 1. The van der Waals surface area contributed by atoms with E-state index in [1.54, 1.807) is 0 Å². The number of H-pyrrole nitrogens is 1. The topological polar surface area (TPSA) is 28.7 Å². The van der Waals surface area contributed by atoms with Crippen molar-refractivity contribution in [2.24, 2.45) is 5.41 Å². The number of hydrogen-bond donors (Lipinski definition) is 1. The lowest BCUT2D eigenvalue weighted by atomic mass is 9.66. The Hall–Kier alpha value is -2.09. The normalized spacial score (nSPS) is 23.2. The van der Waals surface area contributed by atoms with E-state index in [2.05, 4.69) is 72.4 Å². The van der Waals surface area contributed by atoms with Crippen LogP contribution in [0.2, 0.25) is 0 Å². The monoisotopic (exact) mass is 320 g/mol. The van der Waals surface area contributed by atoms with Gasteiger partial charge in [0.25, 0.3) is 0 Å². The predicted octanol–water partition coefficient (Wildman–Crippen LogP) is 5.82. The number of allylic oxidation sites excluding steroid dienone is 4. The summed E-state index contributed by atoms with van der Waals surface area (Å²) in [6.07, 6.45) is 16.7. The lowest BCUT2D eigenvalue weighted by molar-refractivity contribution is 0.301. The molecule has 0 radical (unpaired) electrons. The Bertz CT molecular complexity index is 682. The molecule has 1 N–H and O–H groups in total. The van der Waals surface area contributed by atoms with E-state index in [-0.39, 0.29) is 5.41 Å². The van der Waals surface area contributed by atoms with Crippen molar-refractivity contribution in [2.45, 2.75) is 51.9 Å². The van der Waals surface area contributed by atoms with Crippen LogP contribution in [0, 0.1) is 5.41 Å². The third kappa shape index (κ3) is 3.69. The van der Waals surface area contributed by atoms with E-state index in [9.17, 15) is 0 Å². The molecule has 1 aliphatic carbocycles. The SMILES string of the molecule is CC1=CC=CC(c2ncc[nH]2)C1(C)CCCCCc1ccccc1. The van der Waals surface area contributed by atoms with Gasteiger partial charge in [-0.25, -0.2) is 4.98 Å². The number of unbranched alkanes of at least 4 members (excludes halogenated alkanes) is 2. The molecule has 0 saturated carbocycles. The van der Waals surface area contributed by atoms with Gasteiger partial charge in [-0.15, -0.1) is 0 Å². The van der Waals surface area contributed by atoms with Crippen LogP contribution in [0.15, 0.2) is 66.5 Å². The highest BCUT2D eigenvalue weighted by Crippen LogP contribution is 2.47. The molecule has 2 heteroatoms. The molecule has 0 saturated heterocycles. The maximum atomic E-state index is 4.52. The molecule has 2 nitrogen and oxygen atoms in total. The van der Waals surface area contributed by atoms with Crippen molar-refractivity contribution < 1.29 is 0 Å². The summed E-state index contributed by atoms with van der Waals surface area (Å²) in [6.45, 7) is 4.66. The van der Waals surface area contributed by atoms with Crippen molar-refractivity contribution in [3.05, 3.63) is 77.9 Å². The first kappa shape index (κ1) is 16.8. The van der Waals surface area contributed by atoms with Crippen LogP contribution in [0.1, 0.15) is 56.8 Å². The number of benzene rings is 1. The summed E-state index contributed by atoms with van der Waals surface area (Å²) in [4.78, 5) is 7.84. The molecular weight excluding hydrogens is 292 g/mol. The van der Waals surface area contributed by atoms with Crippen LogP contribution in [0.25, 0.3) is 0 Å². The number of imidazole rings is 1. The van der Waals surface area contributed by atoms with Gasteiger partial charge in [0, 0.05) is 23.7 Å². The summed E-state index contributed by atoms with van der Waals surface area (Å²) < 4.78 is 0. The quantitative estimate of drug-likeness (QED) is 0.640. The fraction of sp³-hybridized carbons (Fsp3) is 0.409. The minimum atomic E-state index is 0.166. The Morgan fingerprint density at radius 3 is 2.71 bits per heavy atom.